The van der Waals surface area contributed by atoms with E-state index in [1.807, 2.05) is 0 Å². The van der Waals surface area contributed by atoms with Gasteiger partial charge in [0.15, 0.2) is 0 Å². The van der Waals surface area contributed by atoms with E-state index >= 15 is 0 Å². The van der Waals surface area contributed by atoms with E-state index in [0.29, 0.717) is 6.04 Å². The maximum Gasteiger partial charge on any atom is 0.0664 e. The normalized spacial score (nSPS) is 30.7. The van der Waals surface area contributed by atoms with Gasteiger partial charge in [-0.15, -0.1) is 0 Å². The van der Waals surface area contributed by atoms with Gasteiger partial charge in [0.25, 0.3) is 0 Å². The van der Waals surface area contributed by atoms with Crippen LogP contribution in [0, 0.1) is 5.92 Å². The fourth-order valence-electron chi connectivity index (χ4n) is 2.17. The zero-order chi connectivity index (χ0) is 9.68. The zero-order valence-electron chi connectivity index (χ0n) is 8.92. The molecule has 0 aliphatic heterocycles. The first kappa shape index (κ1) is 11.0. The average molecular weight is 185 g/mol. The van der Waals surface area contributed by atoms with Crippen LogP contribution in [0.25, 0.3) is 0 Å². The Morgan fingerprint density at radius 3 is 2.77 bits per heavy atom. The molecule has 2 N–H and O–H groups in total. The molecule has 0 amide bonds. The molecule has 3 atom stereocenters. The van der Waals surface area contributed by atoms with Crippen LogP contribution in [-0.2, 0) is 0 Å². The van der Waals surface area contributed by atoms with Crippen LogP contribution in [0.2, 0.25) is 0 Å². The molecule has 3 unspecified atom stereocenters. The lowest BCUT2D eigenvalue weighted by Gasteiger charge is -2.19. The van der Waals surface area contributed by atoms with Crippen LogP contribution < -0.4 is 5.32 Å². The molecule has 0 heterocycles. The summed E-state index contributed by atoms with van der Waals surface area (Å²) in [6, 6.07) is 0.659. The first-order chi connectivity index (χ1) is 6.24. The van der Waals surface area contributed by atoms with Gasteiger partial charge in [-0.1, -0.05) is 26.7 Å². The molecule has 78 valence electrons. The molecule has 0 spiro atoms. The molecule has 0 saturated heterocycles. The van der Waals surface area contributed by atoms with Crippen LogP contribution in [0.15, 0.2) is 0 Å². The largest absolute Gasteiger partial charge is 0.392 e. The maximum absolute atomic E-state index is 9.53. The summed E-state index contributed by atoms with van der Waals surface area (Å²) < 4.78 is 0. The summed E-state index contributed by atoms with van der Waals surface area (Å²) in [4.78, 5) is 0. The Bertz CT molecular complexity index is 138. The molecular formula is C11H23NO. The molecule has 1 fully saturated rings. The van der Waals surface area contributed by atoms with E-state index in [0.717, 1.165) is 25.3 Å². The Kier molecular flexibility index (Phi) is 4.74. The standard InChI is InChI=1S/C11H23NO/c1-3-5-10(13)8-12-11-7-4-6-9(11)2/h9-13H,3-8H2,1-2H3. The predicted molar refractivity (Wildman–Crippen MR) is 55.7 cm³/mol. The van der Waals surface area contributed by atoms with Crippen molar-refractivity contribution in [3.05, 3.63) is 0 Å². The first-order valence-corrected chi connectivity index (χ1v) is 5.65. The quantitative estimate of drug-likeness (QED) is 0.686. The second kappa shape index (κ2) is 5.61. The lowest BCUT2D eigenvalue weighted by atomic mass is 10.1. The highest BCUT2D eigenvalue weighted by atomic mass is 16.3. The highest BCUT2D eigenvalue weighted by Gasteiger charge is 2.22. The third-order valence-electron chi connectivity index (χ3n) is 3.10. The third kappa shape index (κ3) is 3.65. The third-order valence-corrected chi connectivity index (χ3v) is 3.10. The van der Waals surface area contributed by atoms with Crippen molar-refractivity contribution < 1.29 is 5.11 Å². The van der Waals surface area contributed by atoms with Gasteiger partial charge >= 0.3 is 0 Å². The second-order valence-corrected chi connectivity index (χ2v) is 4.37. The molecule has 0 aromatic rings. The molecule has 0 aromatic carbocycles. The van der Waals surface area contributed by atoms with Crippen molar-refractivity contribution in [2.45, 2.75) is 58.1 Å². The molecule has 2 heteroatoms. The first-order valence-electron chi connectivity index (χ1n) is 5.65. The van der Waals surface area contributed by atoms with Crippen molar-refractivity contribution in [2.24, 2.45) is 5.92 Å². The highest BCUT2D eigenvalue weighted by Crippen LogP contribution is 2.24. The Morgan fingerprint density at radius 2 is 2.23 bits per heavy atom. The minimum atomic E-state index is -0.141. The fraction of sp³-hybridized carbons (Fsp3) is 1.00. The number of aliphatic hydroxyl groups is 1. The van der Waals surface area contributed by atoms with Crippen molar-refractivity contribution >= 4 is 0 Å². The van der Waals surface area contributed by atoms with Gasteiger partial charge in [0.1, 0.15) is 0 Å². The molecule has 0 bridgehead atoms. The Balaban J connectivity index is 2.10. The van der Waals surface area contributed by atoms with E-state index in [1.54, 1.807) is 0 Å². The number of aliphatic hydroxyl groups excluding tert-OH is 1. The number of hydrogen-bond donors (Lipinski definition) is 2. The molecule has 13 heavy (non-hydrogen) atoms. The minimum absolute atomic E-state index is 0.141. The Morgan fingerprint density at radius 1 is 1.46 bits per heavy atom. The summed E-state index contributed by atoms with van der Waals surface area (Å²) in [6.45, 7) is 5.20. The van der Waals surface area contributed by atoms with Crippen LogP contribution in [0.4, 0.5) is 0 Å². The van der Waals surface area contributed by atoms with Gasteiger partial charge in [-0.3, -0.25) is 0 Å². The summed E-state index contributed by atoms with van der Waals surface area (Å²) in [6.07, 6.45) is 5.85. The van der Waals surface area contributed by atoms with E-state index in [9.17, 15) is 5.11 Å². The summed E-state index contributed by atoms with van der Waals surface area (Å²) in [5.74, 6) is 0.800. The maximum atomic E-state index is 9.53. The van der Waals surface area contributed by atoms with Gasteiger partial charge in [0, 0.05) is 12.6 Å². The smallest absolute Gasteiger partial charge is 0.0664 e. The molecule has 0 aromatic heterocycles. The molecule has 2 nitrogen and oxygen atoms in total. The molecule has 1 rings (SSSR count). The van der Waals surface area contributed by atoms with Crippen molar-refractivity contribution in [2.75, 3.05) is 6.54 Å². The molecule has 1 saturated carbocycles. The Hall–Kier alpha value is -0.0800. The molecule has 0 radical (unpaired) electrons. The number of hydrogen-bond acceptors (Lipinski definition) is 2. The highest BCUT2D eigenvalue weighted by molar-refractivity contribution is 4.80. The van der Waals surface area contributed by atoms with E-state index < -0.39 is 0 Å². The minimum Gasteiger partial charge on any atom is -0.392 e. The Labute approximate surface area is 81.7 Å². The predicted octanol–water partition coefficient (Wildman–Crippen LogP) is 1.93. The summed E-state index contributed by atoms with van der Waals surface area (Å²) in [5, 5.41) is 13.0. The van der Waals surface area contributed by atoms with Gasteiger partial charge in [0.05, 0.1) is 6.10 Å². The van der Waals surface area contributed by atoms with E-state index in [4.69, 9.17) is 0 Å². The number of nitrogens with one attached hydrogen (secondary N) is 1. The SMILES string of the molecule is CCCC(O)CNC1CCCC1C. The zero-order valence-corrected chi connectivity index (χ0v) is 8.92. The van der Waals surface area contributed by atoms with Gasteiger partial charge < -0.3 is 10.4 Å². The average Bonchev–Trinajstić information content (AvgIpc) is 2.48. The summed E-state index contributed by atoms with van der Waals surface area (Å²) >= 11 is 0. The monoisotopic (exact) mass is 185 g/mol. The van der Waals surface area contributed by atoms with Crippen LogP contribution in [0.1, 0.15) is 46.0 Å². The van der Waals surface area contributed by atoms with E-state index in [-0.39, 0.29) is 6.10 Å². The molecular weight excluding hydrogens is 162 g/mol. The van der Waals surface area contributed by atoms with Crippen LogP contribution in [-0.4, -0.2) is 23.8 Å². The van der Waals surface area contributed by atoms with Gasteiger partial charge in [0.2, 0.25) is 0 Å². The van der Waals surface area contributed by atoms with Crippen molar-refractivity contribution in [1.82, 2.24) is 5.32 Å². The van der Waals surface area contributed by atoms with Crippen LogP contribution in [0.5, 0.6) is 0 Å². The summed E-state index contributed by atoms with van der Waals surface area (Å²) in [7, 11) is 0. The summed E-state index contributed by atoms with van der Waals surface area (Å²) in [5.41, 5.74) is 0. The van der Waals surface area contributed by atoms with Gasteiger partial charge in [-0.2, -0.15) is 0 Å². The number of rotatable bonds is 5. The fourth-order valence-corrected chi connectivity index (χ4v) is 2.17. The van der Waals surface area contributed by atoms with Crippen molar-refractivity contribution in [3.63, 3.8) is 0 Å². The van der Waals surface area contributed by atoms with Gasteiger partial charge in [-0.05, 0) is 25.2 Å². The lowest BCUT2D eigenvalue weighted by Crippen LogP contribution is -2.36. The van der Waals surface area contributed by atoms with Crippen LogP contribution in [0.3, 0.4) is 0 Å². The topological polar surface area (TPSA) is 32.3 Å². The second-order valence-electron chi connectivity index (χ2n) is 4.37. The van der Waals surface area contributed by atoms with Crippen LogP contribution >= 0.6 is 0 Å². The molecule has 1 aliphatic rings. The van der Waals surface area contributed by atoms with Crippen molar-refractivity contribution in [1.29, 1.82) is 0 Å². The van der Waals surface area contributed by atoms with E-state index in [1.165, 1.54) is 19.3 Å². The molecule has 1 aliphatic carbocycles. The van der Waals surface area contributed by atoms with Crippen molar-refractivity contribution in [3.8, 4) is 0 Å². The van der Waals surface area contributed by atoms with E-state index in [2.05, 4.69) is 19.2 Å². The lowest BCUT2D eigenvalue weighted by molar-refractivity contribution is 0.154. The van der Waals surface area contributed by atoms with Gasteiger partial charge in [-0.25, -0.2) is 0 Å².